The van der Waals surface area contributed by atoms with Gasteiger partial charge in [-0.3, -0.25) is 4.68 Å². The molecule has 98 valence electrons. The number of nitrogens with two attached hydrogens (primary N) is 1. The van der Waals surface area contributed by atoms with Crippen LogP contribution < -0.4 is 10.5 Å². The molecule has 2 N–H and O–H groups in total. The van der Waals surface area contributed by atoms with E-state index >= 15 is 0 Å². The largest absolute Gasteiger partial charge is 0.493 e. The van der Waals surface area contributed by atoms with E-state index in [1.54, 1.807) is 13.3 Å². The highest BCUT2D eigenvalue weighted by atomic mass is 16.5. The molecule has 2 atom stereocenters. The van der Waals surface area contributed by atoms with Crippen LogP contribution in [0.3, 0.4) is 0 Å². The van der Waals surface area contributed by atoms with E-state index < -0.39 is 0 Å². The first-order chi connectivity index (χ1) is 8.15. The lowest BCUT2D eigenvalue weighted by molar-refractivity contribution is 0.366. The van der Waals surface area contributed by atoms with Crippen molar-refractivity contribution in [2.45, 2.75) is 52.6 Å². The van der Waals surface area contributed by atoms with Crippen molar-refractivity contribution in [2.24, 2.45) is 11.7 Å². The van der Waals surface area contributed by atoms with E-state index in [2.05, 4.69) is 25.9 Å². The molecular weight excluding hydrogens is 214 g/mol. The molecule has 0 aliphatic carbocycles. The molecule has 1 aromatic rings. The summed E-state index contributed by atoms with van der Waals surface area (Å²) in [7, 11) is 1.67. The van der Waals surface area contributed by atoms with Gasteiger partial charge in [0.25, 0.3) is 0 Å². The minimum absolute atomic E-state index is 0.000972. The summed E-state index contributed by atoms with van der Waals surface area (Å²) in [5, 5.41) is 4.30. The number of hydrogen-bond acceptors (Lipinski definition) is 3. The van der Waals surface area contributed by atoms with Gasteiger partial charge in [-0.05, 0) is 19.3 Å². The fourth-order valence-electron chi connectivity index (χ4n) is 2.10. The summed E-state index contributed by atoms with van der Waals surface area (Å²) in [6, 6.07) is -0.000972. The Morgan fingerprint density at radius 1 is 1.47 bits per heavy atom. The average Bonchev–Trinajstić information content (AvgIpc) is 2.77. The molecule has 0 fully saturated rings. The molecular formula is C13H25N3O. The van der Waals surface area contributed by atoms with Gasteiger partial charge in [0, 0.05) is 6.54 Å². The zero-order valence-corrected chi connectivity index (χ0v) is 11.4. The summed E-state index contributed by atoms with van der Waals surface area (Å²) >= 11 is 0. The van der Waals surface area contributed by atoms with Gasteiger partial charge in [0.1, 0.15) is 0 Å². The molecule has 0 aromatic carbocycles. The molecule has 0 saturated heterocycles. The maximum absolute atomic E-state index is 6.34. The van der Waals surface area contributed by atoms with Crippen LogP contribution in [-0.2, 0) is 6.54 Å². The third-order valence-electron chi connectivity index (χ3n) is 3.31. The van der Waals surface area contributed by atoms with Crippen molar-refractivity contribution in [2.75, 3.05) is 7.11 Å². The summed E-state index contributed by atoms with van der Waals surface area (Å²) in [6.07, 6.45) is 5.33. The molecule has 0 saturated carbocycles. The lowest BCUT2D eigenvalue weighted by Gasteiger charge is -2.21. The Balaban J connectivity index is 2.85. The van der Waals surface area contributed by atoms with Gasteiger partial charge in [0.15, 0.2) is 5.75 Å². The number of ether oxygens (including phenoxy) is 1. The molecule has 0 amide bonds. The van der Waals surface area contributed by atoms with Gasteiger partial charge in [-0.15, -0.1) is 0 Å². The first-order valence-corrected chi connectivity index (χ1v) is 6.50. The van der Waals surface area contributed by atoms with Crippen LogP contribution in [-0.4, -0.2) is 16.9 Å². The Hall–Kier alpha value is -1.03. The van der Waals surface area contributed by atoms with Gasteiger partial charge >= 0.3 is 0 Å². The molecule has 0 bridgehead atoms. The zero-order chi connectivity index (χ0) is 12.8. The highest BCUT2D eigenvalue weighted by Gasteiger charge is 2.22. The molecule has 4 heteroatoms. The van der Waals surface area contributed by atoms with Crippen LogP contribution in [0.25, 0.3) is 0 Å². The van der Waals surface area contributed by atoms with Crippen molar-refractivity contribution in [3.05, 3.63) is 11.9 Å². The fraction of sp³-hybridized carbons (Fsp3) is 0.769. The summed E-state index contributed by atoms with van der Waals surface area (Å²) < 4.78 is 7.28. The molecule has 1 heterocycles. The summed E-state index contributed by atoms with van der Waals surface area (Å²) in [5.74, 6) is 1.26. The first kappa shape index (κ1) is 14.0. The van der Waals surface area contributed by atoms with Crippen molar-refractivity contribution < 1.29 is 4.74 Å². The Labute approximate surface area is 104 Å². The van der Waals surface area contributed by atoms with Crippen LogP contribution >= 0.6 is 0 Å². The minimum atomic E-state index is -0.000972. The van der Waals surface area contributed by atoms with Crippen molar-refractivity contribution in [1.29, 1.82) is 0 Å². The number of methoxy groups -OCH3 is 1. The van der Waals surface area contributed by atoms with Crippen LogP contribution in [0.1, 0.15) is 51.8 Å². The highest BCUT2D eigenvalue weighted by molar-refractivity contribution is 5.28. The second kappa shape index (κ2) is 6.64. The molecule has 4 nitrogen and oxygen atoms in total. The average molecular weight is 239 g/mol. The number of aromatic nitrogens is 2. The van der Waals surface area contributed by atoms with E-state index in [1.165, 1.54) is 12.8 Å². The van der Waals surface area contributed by atoms with E-state index in [9.17, 15) is 0 Å². The summed E-state index contributed by atoms with van der Waals surface area (Å²) in [6.45, 7) is 7.30. The van der Waals surface area contributed by atoms with Crippen LogP contribution in [0.2, 0.25) is 0 Å². The second-order valence-electron chi connectivity index (χ2n) is 4.56. The SMILES string of the molecule is CCCCC(C)C(N)c1c(OC)cnn1CC. The second-order valence-corrected chi connectivity index (χ2v) is 4.56. The van der Waals surface area contributed by atoms with Crippen LogP contribution in [0.5, 0.6) is 5.75 Å². The predicted octanol–water partition coefficient (Wildman–Crippen LogP) is 2.74. The Morgan fingerprint density at radius 2 is 2.18 bits per heavy atom. The normalized spacial score (nSPS) is 14.6. The lowest BCUT2D eigenvalue weighted by atomic mass is 9.94. The van der Waals surface area contributed by atoms with Gasteiger partial charge in [-0.2, -0.15) is 5.10 Å². The first-order valence-electron chi connectivity index (χ1n) is 6.50. The van der Waals surface area contributed by atoms with Gasteiger partial charge in [0.05, 0.1) is 25.0 Å². The van der Waals surface area contributed by atoms with E-state index in [4.69, 9.17) is 10.5 Å². The molecule has 0 aliphatic rings. The van der Waals surface area contributed by atoms with Crippen molar-refractivity contribution in [3.63, 3.8) is 0 Å². The van der Waals surface area contributed by atoms with Crippen molar-refractivity contribution in [3.8, 4) is 5.75 Å². The molecule has 1 aromatic heterocycles. The van der Waals surface area contributed by atoms with E-state index in [0.717, 1.165) is 24.4 Å². The zero-order valence-electron chi connectivity index (χ0n) is 11.4. The molecule has 1 rings (SSSR count). The smallest absolute Gasteiger partial charge is 0.161 e. The standard InChI is InChI=1S/C13H25N3O/c1-5-7-8-10(3)12(14)13-11(17-4)9-15-16(13)6-2/h9-10,12H,5-8,14H2,1-4H3. The van der Waals surface area contributed by atoms with Crippen molar-refractivity contribution >= 4 is 0 Å². The Morgan fingerprint density at radius 3 is 2.71 bits per heavy atom. The van der Waals surface area contributed by atoms with Crippen molar-refractivity contribution in [1.82, 2.24) is 9.78 Å². The topological polar surface area (TPSA) is 53.1 Å². The van der Waals surface area contributed by atoms with Gasteiger partial charge in [0.2, 0.25) is 0 Å². The third-order valence-corrected chi connectivity index (χ3v) is 3.31. The molecule has 0 spiro atoms. The van der Waals surface area contributed by atoms with Gasteiger partial charge in [-0.1, -0.05) is 26.7 Å². The maximum Gasteiger partial charge on any atom is 0.161 e. The predicted molar refractivity (Wildman–Crippen MR) is 70.1 cm³/mol. The lowest BCUT2D eigenvalue weighted by Crippen LogP contribution is -2.23. The number of rotatable bonds is 7. The monoisotopic (exact) mass is 239 g/mol. The highest BCUT2D eigenvalue weighted by Crippen LogP contribution is 2.30. The molecule has 17 heavy (non-hydrogen) atoms. The fourth-order valence-corrected chi connectivity index (χ4v) is 2.10. The van der Waals surface area contributed by atoms with Crippen LogP contribution in [0.4, 0.5) is 0 Å². The van der Waals surface area contributed by atoms with Gasteiger partial charge < -0.3 is 10.5 Å². The maximum atomic E-state index is 6.34. The Bertz CT molecular complexity index is 314. The summed E-state index contributed by atoms with van der Waals surface area (Å²) in [5.41, 5.74) is 7.36. The van der Waals surface area contributed by atoms with Gasteiger partial charge in [-0.25, -0.2) is 0 Å². The molecule has 0 radical (unpaired) electrons. The number of nitrogens with zero attached hydrogens (tertiary/aromatic N) is 2. The van der Waals surface area contributed by atoms with E-state index in [0.29, 0.717) is 5.92 Å². The van der Waals surface area contributed by atoms with E-state index in [-0.39, 0.29) is 6.04 Å². The molecule has 2 unspecified atom stereocenters. The Kier molecular flexibility index (Phi) is 5.48. The minimum Gasteiger partial charge on any atom is -0.493 e. The molecule has 0 aliphatic heterocycles. The summed E-state index contributed by atoms with van der Waals surface area (Å²) in [4.78, 5) is 0. The third kappa shape index (κ3) is 3.22. The van der Waals surface area contributed by atoms with Crippen LogP contribution in [0, 0.1) is 5.92 Å². The number of hydrogen-bond donors (Lipinski definition) is 1. The number of unbranched alkanes of at least 4 members (excludes halogenated alkanes) is 1. The van der Waals surface area contributed by atoms with E-state index in [1.807, 2.05) is 4.68 Å². The number of aryl methyl sites for hydroxylation is 1. The quantitative estimate of drug-likeness (QED) is 0.796. The van der Waals surface area contributed by atoms with Crippen LogP contribution in [0.15, 0.2) is 6.20 Å².